The zero-order valence-electron chi connectivity index (χ0n) is 11.4. The highest BCUT2D eigenvalue weighted by Gasteiger charge is 2.26. The quantitative estimate of drug-likeness (QED) is 0.912. The largest absolute Gasteiger partial charge is 0.492 e. The number of halogens is 3. The van der Waals surface area contributed by atoms with E-state index >= 15 is 0 Å². The third-order valence-electron chi connectivity index (χ3n) is 3.49. The normalized spacial score (nSPS) is 16.6. The molecule has 1 N–H and O–H groups in total. The molecule has 0 saturated heterocycles. The van der Waals surface area contributed by atoms with Gasteiger partial charge >= 0.3 is 0 Å². The van der Waals surface area contributed by atoms with Crippen LogP contribution >= 0.6 is 11.6 Å². The van der Waals surface area contributed by atoms with Gasteiger partial charge in [0.15, 0.2) is 11.6 Å². The van der Waals surface area contributed by atoms with Crippen LogP contribution in [0.2, 0.25) is 5.02 Å². The predicted molar refractivity (Wildman–Crippen MR) is 79.1 cm³/mol. The number of anilines is 1. The van der Waals surface area contributed by atoms with Gasteiger partial charge in [0.25, 0.3) is 0 Å². The fourth-order valence-corrected chi connectivity index (χ4v) is 2.54. The van der Waals surface area contributed by atoms with Gasteiger partial charge in [-0.1, -0.05) is 11.6 Å². The molecule has 0 aliphatic carbocycles. The van der Waals surface area contributed by atoms with E-state index in [1.54, 1.807) is 18.2 Å². The Labute approximate surface area is 130 Å². The molecule has 1 heterocycles. The molecule has 0 fully saturated rings. The van der Waals surface area contributed by atoms with Gasteiger partial charge in [0.1, 0.15) is 12.4 Å². The van der Waals surface area contributed by atoms with Gasteiger partial charge in [0.05, 0.1) is 5.92 Å². The van der Waals surface area contributed by atoms with Crippen molar-refractivity contribution < 1.29 is 18.3 Å². The van der Waals surface area contributed by atoms with Crippen molar-refractivity contribution in [1.82, 2.24) is 0 Å². The highest BCUT2D eigenvalue weighted by atomic mass is 35.5. The van der Waals surface area contributed by atoms with Gasteiger partial charge in [-0.15, -0.1) is 0 Å². The number of rotatable bonds is 2. The third kappa shape index (κ3) is 3.04. The number of hydrogen-bond donors (Lipinski definition) is 1. The average molecular weight is 324 g/mol. The lowest BCUT2D eigenvalue weighted by Crippen LogP contribution is -2.32. The molecule has 3 nitrogen and oxygen atoms in total. The van der Waals surface area contributed by atoms with E-state index < -0.39 is 17.6 Å². The monoisotopic (exact) mass is 323 g/mol. The minimum Gasteiger partial charge on any atom is -0.492 e. The second kappa shape index (κ2) is 5.93. The fourth-order valence-electron chi connectivity index (χ4n) is 2.35. The van der Waals surface area contributed by atoms with Crippen LogP contribution in [0.15, 0.2) is 36.4 Å². The summed E-state index contributed by atoms with van der Waals surface area (Å²) in [6.45, 7) is 0.226. The molecule has 0 spiro atoms. The van der Waals surface area contributed by atoms with Crippen molar-refractivity contribution in [3.63, 3.8) is 0 Å². The second-order valence-electron chi connectivity index (χ2n) is 5.08. The smallest absolute Gasteiger partial charge is 0.231 e. The van der Waals surface area contributed by atoms with Crippen LogP contribution in [0, 0.1) is 17.6 Å². The number of amides is 1. The summed E-state index contributed by atoms with van der Waals surface area (Å²) < 4.78 is 31.6. The van der Waals surface area contributed by atoms with Crippen molar-refractivity contribution in [3.05, 3.63) is 58.6 Å². The van der Waals surface area contributed by atoms with Gasteiger partial charge in [0.2, 0.25) is 5.91 Å². The van der Waals surface area contributed by atoms with Crippen LogP contribution in [0.4, 0.5) is 14.5 Å². The van der Waals surface area contributed by atoms with Crippen LogP contribution in [0.25, 0.3) is 0 Å². The number of benzene rings is 2. The van der Waals surface area contributed by atoms with E-state index in [0.717, 1.165) is 17.7 Å². The predicted octanol–water partition coefficient (Wildman–Crippen LogP) is 3.81. The molecule has 0 saturated carbocycles. The van der Waals surface area contributed by atoms with Crippen molar-refractivity contribution in [3.8, 4) is 5.75 Å². The first kappa shape index (κ1) is 14.8. The summed E-state index contributed by atoms with van der Waals surface area (Å²) in [5.41, 5.74) is 1.06. The molecule has 1 amide bonds. The van der Waals surface area contributed by atoms with Crippen LogP contribution in [0.3, 0.4) is 0 Å². The summed E-state index contributed by atoms with van der Waals surface area (Å²) in [6.07, 6.45) is 0.478. The van der Waals surface area contributed by atoms with Gasteiger partial charge in [-0.2, -0.15) is 0 Å². The van der Waals surface area contributed by atoms with Crippen molar-refractivity contribution in [2.24, 2.45) is 5.92 Å². The van der Waals surface area contributed by atoms with Crippen LogP contribution in [-0.2, 0) is 11.2 Å². The van der Waals surface area contributed by atoms with Crippen LogP contribution < -0.4 is 10.1 Å². The maximum absolute atomic E-state index is 13.1. The zero-order chi connectivity index (χ0) is 15.7. The van der Waals surface area contributed by atoms with Crippen molar-refractivity contribution in [2.75, 3.05) is 11.9 Å². The number of fused-ring (bicyclic) bond motifs is 1. The van der Waals surface area contributed by atoms with Gasteiger partial charge < -0.3 is 10.1 Å². The molecule has 0 unspecified atom stereocenters. The number of nitrogens with one attached hydrogen (secondary N) is 1. The molecule has 1 aliphatic heterocycles. The lowest BCUT2D eigenvalue weighted by Gasteiger charge is -2.24. The first-order chi connectivity index (χ1) is 10.5. The number of carbonyl (C=O) groups excluding carboxylic acids is 1. The molecular formula is C16H12ClF2NO2. The molecule has 0 aromatic heterocycles. The van der Waals surface area contributed by atoms with E-state index in [0.29, 0.717) is 17.2 Å². The van der Waals surface area contributed by atoms with Crippen molar-refractivity contribution in [1.29, 1.82) is 0 Å². The number of hydrogen-bond acceptors (Lipinski definition) is 2. The van der Waals surface area contributed by atoms with Crippen LogP contribution in [-0.4, -0.2) is 12.5 Å². The Balaban J connectivity index is 1.72. The standard InChI is InChI=1S/C16H12ClF2NO2/c17-11-1-4-15-9(6-11)5-10(8-22-15)16(21)20-12-2-3-13(18)14(19)7-12/h1-4,6-7,10H,5,8H2,(H,20,21)/t10-/m1/s1. The summed E-state index contributed by atoms with van der Waals surface area (Å²) >= 11 is 5.93. The summed E-state index contributed by atoms with van der Waals surface area (Å²) in [5, 5.41) is 3.14. The SMILES string of the molecule is O=C(Nc1ccc(F)c(F)c1)[C@H]1COc2ccc(Cl)cc2C1. The first-order valence-corrected chi connectivity index (χ1v) is 7.08. The minimum absolute atomic E-state index is 0.209. The molecule has 114 valence electrons. The Kier molecular flexibility index (Phi) is 3.98. The number of ether oxygens (including phenoxy) is 1. The Hall–Kier alpha value is -2.14. The Morgan fingerprint density at radius 1 is 1.18 bits per heavy atom. The Bertz CT molecular complexity index is 736. The summed E-state index contributed by atoms with van der Waals surface area (Å²) in [5.74, 6) is -1.98. The fraction of sp³-hybridized carbons (Fsp3) is 0.188. The van der Waals surface area contributed by atoms with Gasteiger partial charge in [-0.3, -0.25) is 4.79 Å². The Morgan fingerprint density at radius 2 is 2.00 bits per heavy atom. The number of carbonyl (C=O) groups is 1. The Morgan fingerprint density at radius 3 is 2.77 bits per heavy atom. The van der Waals surface area contributed by atoms with E-state index in [4.69, 9.17) is 16.3 Å². The molecule has 1 atom stereocenters. The molecule has 2 aromatic rings. The minimum atomic E-state index is -1.00. The zero-order valence-corrected chi connectivity index (χ0v) is 12.2. The van der Waals surface area contributed by atoms with E-state index in [9.17, 15) is 13.6 Å². The molecule has 2 aromatic carbocycles. The summed E-state index contributed by atoms with van der Waals surface area (Å²) in [6, 6.07) is 8.47. The average Bonchev–Trinajstić information content (AvgIpc) is 2.50. The van der Waals surface area contributed by atoms with Crippen LogP contribution in [0.5, 0.6) is 5.75 Å². The highest BCUT2D eigenvalue weighted by Crippen LogP contribution is 2.30. The molecule has 3 rings (SSSR count). The van der Waals surface area contributed by atoms with Gasteiger partial charge in [-0.25, -0.2) is 8.78 Å². The molecule has 22 heavy (non-hydrogen) atoms. The van der Waals surface area contributed by atoms with E-state index in [2.05, 4.69) is 5.32 Å². The second-order valence-corrected chi connectivity index (χ2v) is 5.52. The maximum atomic E-state index is 13.1. The topological polar surface area (TPSA) is 38.3 Å². The highest BCUT2D eigenvalue weighted by molar-refractivity contribution is 6.30. The van der Waals surface area contributed by atoms with Crippen molar-refractivity contribution in [2.45, 2.75) is 6.42 Å². The van der Waals surface area contributed by atoms with E-state index in [-0.39, 0.29) is 18.2 Å². The lowest BCUT2D eigenvalue weighted by atomic mass is 9.96. The van der Waals surface area contributed by atoms with E-state index in [1.807, 2.05) is 0 Å². The van der Waals surface area contributed by atoms with Gasteiger partial charge in [-0.05, 0) is 42.3 Å². The van der Waals surface area contributed by atoms with Gasteiger partial charge in [0, 0.05) is 16.8 Å². The molecule has 1 aliphatic rings. The first-order valence-electron chi connectivity index (χ1n) is 6.70. The molecule has 6 heteroatoms. The maximum Gasteiger partial charge on any atom is 0.231 e. The summed E-state index contributed by atoms with van der Waals surface area (Å²) in [4.78, 5) is 12.2. The molecular weight excluding hydrogens is 312 g/mol. The van der Waals surface area contributed by atoms with E-state index in [1.165, 1.54) is 6.07 Å². The molecule has 0 radical (unpaired) electrons. The summed E-state index contributed by atoms with van der Waals surface area (Å²) in [7, 11) is 0. The van der Waals surface area contributed by atoms with Crippen molar-refractivity contribution >= 4 is 23.2 Å². The molecule has 0 bridgehead atoms. The third-order valence-corrected chi connectivity index (χ3v) is 3.72. The lowest BCUT2D eigenvalue weighted by molar-refractivity contribution is -0.121. The van der Waals surface area contributed by atoms with Crippen LogP contribution in [0.1, 0.15) is 5.56 Å².